The van der Waals surface area contributed by atoms with Crippen molar-refractivity contribution in [3.05, 3.63) is 24.2 Å². The number of nitrogens with one attached hydrogen (secondary N) is 2. The van der Waals surface area contributed by atoms with E-state index in [1.807, 2.05) is 19.1 Å². The molecule has 102 valence electrons. The largest absolute Gasteiger partial charge is 0.467 e. The van der Waals surface area contributed by atoms with Gasteiger partial charge in [0.2, 0.25) is 11.9 Å². The van der Waals surface area contributed by atoms with E-state index in [2.05, 4.69) is 25.6 Å². The maximum Gasteiger partial charge on any atom is 0.323 e. The molecule has 0 radical (unpaired) electrons. The Hall–Kier alpha value is -2.31. The van der Waals surface area contributed by atoms with Gasteiger partial charge in [-0.05, 0) is 18.6 Å². The van der Waals surface area contributed by atoms with Gasteiger partial charge in [0.05, 0.1) is 19.4 Å². The molecule has 0 bridgehead atoms. The molecule has 7 nitrogen and oxygen atoms in total. The van der Waals surface area contributed by atoms with E-state index < -0.39 is 0 Å². The molecule has 2 N–H and O–H groups in total. The van der Waals surface area contributed by atoms with Crippen LogP contribution in [0.4, 0.5) is 11.9 Å². The van der Waals surface area contributed by atoms with Crippen molar-refractivity contribution in [2.24, 2.45) is 0 Å². The lowest BCUT2D eigenvalue weighted by Crippen LogP contribution is -2.09. The van der Waals surface area contributed by atoms with Gasteiger partial charge < -0.3 is 19.8 Å². The van der Waals surface area contributed by atoms with E-state index in [1.54, 1.807) is 13.3 Å². The van der Waals surface area contributed by atoms with E-state index in [-0.39, 0.29) is 0 Å². The molecule has 0 aromatic carbocycles. The Bertz CT molecular complexity index is 501. The predicted molar refractivity (Wildman–Crippen MR) is 71.2 cm³/mol. The lowest BCUT2D eigenvalue weighted by Gasteiger charge is -2.08. The van der Waals surface area contributed by atoms with Crippen LogP contribution in [-0.2, 0) is 6.54 Å². The summed E-state index contributed by atoms with van der Waals surface area (Å²) in [6.45, 7) is 3.11. The Kier molecular flexibility index (Phi) is 4.54. The van der Waals surface area contributed by atoms with Crippen LogP contribution in [0.25, 0.3) is 0 Å². The molecule has 2 aromatic heterocycles. The lowest BCUT2D eigenvalue weighted by atomic mass is 10.4. The molecule has 0 spiro atoms. The van der Waals surface area contributed by atoms with E-state index in [0.29, 0.717) is 31.1 Å². The second-order valence-corrected chi connectivity index (χ2v) is 3.80. The van der Waals surface area contributed by atoms with Gasteiger partial charge in [-0.2, -0.15) is 15.0 Å². The zero-order valence-electron chi connectivity index (χ0n) is 11.0. The highest BCUT2D eigenvalue weighted by Crippen LogP contribution is 2.12. The topological polar surface area (TPSA) is 85.1 Å². The van der Waals surface area contributed by atoms with Crippen molar-refractivity contribution in [2.45, 2.75) is 19.9 Å². The first-order chi connectivity index (χ1) is 9.31. The van der Waals surface area contributed by atoms with E-state index in [1.165, 1.54) is 0 Å². The summed E-state index contributed by atoms with van der Waals surface area (Å²) in [5.74, 6) is 1.72. The normalized spacial score (nSPS) is 10.2. The standard InChI is InChI=1S/C12H17N5O2/c1-3-6-19-12-16-10(13-2)15-11(17-12)14-8-9-5-4-7-18-9/h4-5,7H,3,6,8H2,1-2H3,(H2,13,14,15,16,17). The van der Waals surface area contributed by atoms with Crippen LogP contribution in [0.3, 0.4) is 0 Å². The van der Waals surface area contributed by atoms with Crippen LogP contribution in [0.2, 0.25) is 0 Å². The highest BCUT2D eigenvalue weighted by Gasteiger charge is 2.06. The molecular formula is C12H17N5O2. The van der Waals surface area contributed by atoms with Gasteiger partial charge in [0, 0.05) is 7.05 Å². The average molecular weight is 263 g/mol. The first kappa shape index (κ1) is 13.1. The van der Waals surface area contributed by atoms with Gasteiger partial charge in [0.15, 0.2) is 0 Å². The minimum atomic E-state index is 0.308. The van der Waals surface area contributed by atoms with E-state index in [9.17, 15) is 0 Å². The number of hydrogen-bond acceptors (Lipinski definition) is 7. The Balaban J connectivity index is 2.05. The van der Waals surface area contributed by atoms with Crippen LogP contribution >= 0.6 is 0 Å². The van der Waals surface area contributed by atoms with Crippen molar-refractivity contribution in [3.8, 4) is 6.01 Å². The van der Waals surface area contributed by atoms with Crippen LogP contribution in [0.1, 0.15) is 19.1 Å². The SMILES string of the molecule is CCCOc1nc(NC)nc(NCc2ccco2)n1. The summed E-state index contributed by atoms with van der Waals surface area (Å²) in [6.07, 6.45) is 2.52. The van der Waals surface area contributed by atoms with Crippen LogP contribution in [0, 0.1) is 0 Å². The fourth-order valence-electron chi connectivity index (χ4n) is 1.38. The van der Waals surface area contributed by atoms with Gasteiger partial charge in [-0.1, -0.05) is 6.92 Å². The van der Waals surface area contributed by atoms with Gasteiger partial charge >= 0.3 is 6.01 Å². The van der Waals surface area contributed by atoms with E-state index in [4.69, 9.17) is 9.15 Å². The molecule has 0 saturated heterocycles. The molecule has 7 heteroatoms. The quantitative estimate of drug-likeness (QED) is 0.789. The van der Waals surface area contributed by atoms with Crippen LogP contribution in [0.5, 0.6) is 6.01 Å². The third-order valence-corrected chi connectivity index (χ3v) is 2.27. The summed E-state index contributed by atoms with van der Waals surface area (Å²) in [5.41, 5.74) is 0. The molecule has 0 aliphatic rings. The number of ether oxygens (including phenoxy) is 1. The average Bonchev–Trinajstić information content (AvgIpc) is 2.96. The Labute approximate surface area is 111 Å². The molecule has 0 unspecified atom stereocenters. The third kappa shape index (κ3) is 3.84. The van der Waals surface area contributed by atoms with Crippen molar-refractivity contribution in [3.63, 3.8) is 0 Å². The summed E-state index contributed by atoms with van der Waals surface area (Å²) in [7, 11) is 1.75. The maximum atomic E-state index is 5.41. The zero-order chi connectivity index (χ0) is 13.5. The van der Waals surface area contributed by atoms with E-state index >= 15 is 0 Å². The number of anilines is 2. The van der Waals surface area contributed by atoms with Crippen LogP contribution in [-0.4, -0.2) is 28.6 Å². The minimum Gasteiger partial charge on any atom is -0.467 e. The molecule has 2 rings (SSSR count). The smallest absolute Gasteiger partial charge is 0.323 e. The highest BCUT2D eigenvalue weighted by atomic mass is 16.5. The Morgan fingerprint density at radius 2 is 2.11 bits per heavy atom. The number of furan rings is 1. The van der Waals surface area contributed by atoms with Crippen LogP contribution < -0.4 is 15.4 Å². The number of hydrogen-bond donors (Lipinski definition) is 2. The molecule has 0 aliphatic carbocycles. The first-order valence-electron chi connectivity index (χ1n) is 6.14. The lowest BCUT2D eigenvalue weighted by molar-refractivity contribution is 0.292. The fourth-order valence-corrected chi connectivity index (χ4v) is 1.38. The molecule has 0 fully saturated rings. The summed E-state index contributed by atoms with van der Waals surface area (Å²) in [5, 5.41) is 5.93. The first-order valence-corrected chi connectivity index (χ1v) is 6.14. The van der Waals surface area contributed by atoms with Crippen LogP contribution in [0.15, 0.2) is 22.8 Å². The highest BCUT2D eigenvalue weighted by molar-refractivity contribution is 5.35. The molecule has 0 aliphatic heterocycles. The van der Waals surface area contributed by atoms with Crippen molar-refractivity contribution in [1.29, 1.82) is 0 Å². The molecule has 0 saturated carbocycles. The minimum absolute atomic E-state index is 0.308. The van der Waals surface area contributed by atoms with Gasteiger partial charge in [-0.3, -0.25) is 0 Å². The molecule has 2 aromatic rings. The second-order valence-electron chi connectivity index (χ2n) is 3.80. The van der Waals surface area contributed by atoms with Gasteiger partial charge in [0.25, 0.3) is 0 Å². The fraction of sp³-hybridized carbons (Fsp3) is 0.417. The third-order valence-electron chi connectivity index (χ3n) is 2.27. The zero-order valence-corrected chi connectivity index (χ0v) is 11.0. The summed E-state index contributed by atoms with van der Waals surface area (Å²) in [4.78, 5) is 12.5. The molecule has 0 atom stereocenters. The number of nitrogens with zero attached hydrogens (tertiary/aromatic N) is 3. The summed E-state index contributed by atoms with van der Waals surface area (Å²) >= 11 is 0. The predicted octanol–water partition coefficient (Wildman–Crippen LogP) is 1.91. The monoisotopic (exact) mass is 263 g/mol. The van der Waals surface area contributed by atoms with Crippen molar-refractivity contribution in [1.82, 2.24) is 15.0 Å². The summed E-state index contributed by atoms with van der Waals surface area (Å²) < 4.78 is 10.6. The molecule has 2 heterocycles. The summed E-state index contributed by atoms with van der Waals surface area (Å²) in [6, 6.07) is 4.02. The van der Waals surface area contributed by atoms with Crippen molar-refractivity contribution in [2.75, 3.05) is 24.3 Å². The Morgan fingerprint density at radius 1 is 1.26 bits per heavy atom. The van der Waals surface area contributed by atoms with Crippen molar-refractivity contribution >= 4 is 11.9 Å². The van der Waals surface area contributed by atoms with Gasteiger partial charge in [-0.15, -0.1) is 0 Å². The van der Waals surface area contributed by atoms with Crippen molar-refractivity contribution < 1.29 is 9.15 Å². The Morgan fingerprint density at radius 3 is 2.79 bits per heavy atom. The maximum absolute atomic E-state index is 5.41. The second kappa shape index (κ2) is 6.58. The molecule has 19 heavy (non-hydrogen) atoms. The van der Waals surface area contributed by atoms with E-state index in [0.717, 1.165) is 12.2 Å². The van der Waals surface area contributed by atoms with Gasteiger partial charge in [-0.25, -0.2) is 0 Å². The number of rotatable bonds is 7. The molecule has 0 amide bonds. The number of aromatic nitrogens is 3. The van der Waals surface area contributed by atoms with Gasteiger partial charge in [0.1, 0.15) is 5.76 Å². The molecular weight excluding hydrogens is 246 g/mol.